The maximum absolute atomic E-state index is 12.1. The van der Waals surface area contributed by atoms with Crippen LogP contribution in [0.25, 0.3) is 0 Å². The SMILES string of the molecule is CCCCCCCCOCC(COCCCCCCCC)(COCC[N+](C)(C)CC(=O)OCC)COCC[N+](C)(C)CC(=O)OCC. The third kappa shape index (κ3) is 27.2. The van der Waals surface area contributed by atoms with E-state index in [1.165, 1.54) is 64.2 Å². The van der Waals surface area contributed by atoms with Crippen LogP contribution in [0, 0.1) is 5.41 Å². The molecule has 0 aliphatic carbocycles. The van der Waals surface area contributed by atoms with Crippen molar-refractivity contribution in [2.75, 3.05) is 120 Å². The van der Waals surface area contributed by atoms with Gasteiger partial charge in [-0.25, -0.2) is 9.59 Å². The van der Waals surface area contributed by atoms with E-state index in [4.69, 9.17) is 28.4 Å². The molecule has 0 fully saturated rings. The second kappa shape index (κ2) is 28.5. The van der Waals surface area contributed by atoms with Crippen LogP contribution in [0.15, 0.2) is 0 Å². The minimum absolute atomic E-state index is 0.198. The molecule has 280 valence electrons. The Labute approximate surface area is 289 Å². The molecule has 10 heteroatoms. The lowest BCUT2D eigenvalue weighted by Gasteiger charge is -2.35. The summed E-state index contributed by atoms with van der Waals surface area (Å²) >= 11 is 0. The van der Waals surface area contributed by atoms with Gasteiger partial charge in [0.2, 0.25) is 0 Å². The van der Waals surface area contributed by atoms with Gasteiger partial charge in [-0.1, -0.05) is 78.1 Å². The molecule has 47 heavy (non-hydrogen) atoms. The summed E-state index contributed by atoms with van der Waals surface area (Å²) in [5.74, 6) is -0.397. The molecule has 0 aromatic carbocycles. The number of hydrogen-bond acceptors (Lipinski definition) is 8. The summed E-state index contributed by atoms with van der Waals surface area (Å²) in [4.78, 5) is 24.2. The van der Waals surface area contributed by atoms with E-state index in [-0.39, 0.29) is 11.9 Å². The van der Waals surface area contributed by atoms with Gasteiger partial charge < -0.3 is 37.4 Å². The van der Waals surface area contributed by atoms with Crippen LogP contribution >= 0.6 is 0 Å². The number of hydrogen-bond donors (Lipinski definition) is 0. The van der Waals surface area contributed by atoms with Gasteiger partial charge in [0, 0.05) is 13.2 Å². The fourth-order valence-electron chi connectivity index (χ4n) is 5.27. The Morgan fingerprint density at radius 2 is 0.787 bits per heavy atom. The monoisotopic (exact) mass is 677 g/mol. The molecule has 0 N–H and O–H groups in total. The topological polar surface area (TPSA) is 89.5 Å². The summed E-state index contributed by atoms with van der Waals surface area (Å²) in [5, 5.41) is 0. The van der Waals surface area contributed by atoms with Gasteiger partial charge in [0.05, 0.1) is 86.5 Å². The Bertz CT molecular complexity index is 701. The molecule has 0 bridgehead atoms. The summed E-state index contributed by atoms with van der Waals surface area (Å²) in [6.45, 7) is 15.1. The minimum atomic E-state index is -0.471. The summed E-state index contributed by atoms with van der Waals surface area (Å²) in [6.07, 6.45) is 14.6. The van der Waals surface area contributed by atoms with E-state index in [0.29, 0.717) is 101 Å². The van der Waals surface area contributed by atoms with E-state index in [9.17, 15) is 9.59 Å². The first-order valence-corrected chi connectivity index (χ1v) is 18.7. The van der Waals surface area contributed by atoms with E-state index >= 15 is 0 Å². The molecule has 0 rings (SSSR count). The summed E-state index contributed by atoms with van der Waals surface area (Å²) in [5.41, 5.74) is -0.471. The van der Waals surface area contributed by atoms with E-state index in [1.807, 2.05) is 42.0 Å². The van der Waals surface area contributed by atoms with Crippen molar-refractivity contribution in [1.29, 1.82) is 0 Å². The van der Waals surface area contributed by atoms with E-state index < -0.39 is 5.41 Å². The van der Waals surface area contributed by atoms with Gasteiger partial charge in [0.15, 0.2) is 13.1 Å². The Kier molecular flexibility index (Phi) is 27.7. The summed E-state index contributed by atoms with van der Waals surface area (Å²) < 4.78 is 36.6. The third-order valence-electron chi connectivity index (χ3n) is 8.32. The number of ether oxygens (including phenoxy) is 6. The van der Waals surface area contributed by atoms with E-state index in [1.54, 1.807) is 0 Å². The van der Waals surface area contributed by atoms with Crippen LogP contribution in [0.5, 0.6) is 0 Å². The highest BCUT2D eigenvalue weighted by molar-refractivity contribution is 5.70. The largest absolute Gasteiger partial charge is 0.462 e. The average molecular weight is 677 g/mol. The number of carbonyl (C=O) groups is 2. The molecule has 0 saturated carbocycles. The number of likely N-dealkylation sites (N-methyl/N-ethyl adjacent to an activating group) is 2. The Morgan fingerprint density at radius 1 is 0.468 bits per heavy atom. The van der Waals surface area contributed by atoms with Crippen molar-refractivity contribution in [2.45, 2.75) is 105 Å². The molecule has 0 spiro atoms. The second-order valence-electron chi connectivity index (χ2n) is 14.5. The average Bonchev–Trinajstić information content (AvgIpc) is 3.00. The van der Waals surface area contributed by atoms with Gasteiger partial charge >= 0.3 is 11.9 Å². The predicted molar refractivity (Wildman–Crippen MR) is 189 cm³/mol. The van der Waals surface area contributed by atoms with Crippen LogP contribution in [0.2, 0.25) is 0 Å². The second-order valence-corrected chi connectivity index (χ2v) is 14.5. The van der Waals surface area contributed by atoms with Crippen molar-refractivity contribution in [2.24, 2.45) is 5.41 Å². The van der Waals surface area contributed by atoms with Crippen LogP contribution in [-0.4, -0.2) is 141 Å². The predicted octanol–water partition coefficient (Wildman–Crippen LogP) is 6.04. The zero-order chi connectivity index (χ0) is 35.3. The van der Waals surface area contributed by atoms with Gasteiger partial charge in [-0.05, 0) is 26.7 Å². The number of rotatable bonds is 34. The Hall–Kier alpha value is -1.30. The van der Waals surface area contributed by atoms with Gasteiger partial charge in [0.25, 0.3) is 0 Å². The molecular formula is C37H76N2O8+2. The third-order valence-corrected chi connectivity index (χ3v) is 8.32. The molecule has 0 radical (unpaired) electrons. The number of unbranched alkanes of at least 4 members (excludes halogenated alkanes) is 10. The van der Waals surface area contributed by atoms with E-state index in [0.717, 1.165) is 12.8 Å². The molecule has 0 aliphatic rings. The molecule has 0 heterocycles. The number of quaternary nitrogens is 2. The molecule has 0 saturated heterocycles. The molecule has 0 aliphatic heterocycles. The first-order valence-electron chi connectivity index (χ1n) is 18.7. The minimum Gasteiger partial charge on any atom is -0.462 e. The quantitative estimate of drug-likeness (QED) is 0.0463. The molecule has 10 nitrogen and oxygen atoms in total. The van der Waals surface area contributed by atoms with Crippen molar-refractivity contribution in [3.05, 3.63) is 0 Å². The normalized spacial score (nSPS) is 12.4. The zero-order valence-corrected chi connectivity index (χ0v) is 32.0. The summed E-state index contributed by atoms with van der Waals surface area (Å²) in [6, 6.07) is 0. The lowest BCUT2D eigenvalue weighted by atomic mass is 9.92. The van der Waals surface area contributed by atoms with Crippen molar-refractivity contribution >= 4 is 11.9 Å². The highest BCUT2D eigenvalue weighted by Gasteiger charge is 2.33. The van der Waals surface area contributed by atoms with Crippen LogP contribution in [0.4, 0.5) is 0 Å². The molecular weight excluding hydrogens is 600 g/mol. The summed E-state index contributed by atoms with van der Waals surface area (Å²) in [7, 11) is 8.06. The maximum atomic E-state index is 12.1. The van der Waals surface area contributed by atoms with Crippen LogP contribution in [-0.2, 0) is 38.0 Å². The van der Waals surface area contributed by atoms with Gasteiger partial charge in [-0.15, -0.1) is 0 Å². The lowest BCUT2D eigenvalue weighted by molar-refractivity contribution is -0.883. The van der Waals surface area contributed by atoms with Gasteiger partial charge in [-0.2, -0.15) is 0 Å². The van der Waals surface area contributed by atoms with Crippen LogP contribution in [0.1, 0.15) is 105 Å². The van der Waals surface area contributed by atoms with Crippen LogP contribution < -0.4 is 0 Å². The molecule has 0 aromatic rings. The van der Waals surface area contributed by atoms with Crippen LogP contribution in [0.3, 0.4) is 0 Å². The standard InChI is InChI=1S/C37H76N2O8/c1-9-13-15-17-19-21-25-42-31-37(32-43-26-22-20-18-16-14-10-2,33-44-27-23-38(5,6)29-35(40)46-11-3)34-45-28-24-39(7,8)30-36(41)47-12-4/h9-34H2,1-8H3/q+2. The van der Waals surface area contributed by atoms with Crippen molar-refractivity contribution in [1.82, 2.24) is 0 Å². The van der Waals surface area contributed by atoms with Crippen molar-refractivity contribution in [3.63, 3.8) is 0 Å². The highest BCUT2D eigenvalue weighted by Crippen LogP contribution is 2.22. The first-order chi connectivity index (χ1) is 22.4. The molecule has 0 unspecified atom stereocenters. The highest BCUT2D eigenvalue weighted by atomic mass is 16.5. The number of nitrogens with zero attached hydrogens (tertiary/aromatic N) is 2. The van der Waals surface area contributed by atoms with Gasteiger partial charge in [-0.3, -0.25) is 0 Å². The van der Waals surface area contributed by atoms with Gasteiger partial charge in [0.1, 0.15) is 13.1 Å². The zero-order valence-electron chi connectivity index (χ0n) is 32.0. The Morgan fingerprint density at radius 3 is 1.13 bits per heavy atom. The lowest BCUT2D eigenvalue weighted by Crippen LogP contribution is -2.48. The van der Waals surface area contributed by atoms with Crippen molar-refractivity contribution < 1.29 is 47.0 Å². The fraction of sp³-hybridized carbons (Fsp3) is 0.946. The molecule has 0 atom stereocenters. The smallest absolute Gasteiger partial charge is 0.361 e. The Balaban J connectivity index is 5.41. The number of esters is 2. The number of carbonyl (C=O) groups excluding carboxylic acids is 2. The maximum Gasteiger partial charge on any atom is 0.361 e. The van der Waals surface area contributed by atoms with Crippen molar-refractivity contribution in [3.8, 4) is 0 Å². The first kappa shape index (κ1) is 45.7. The molecule has 0 aromatic heterocycles. The van der Waals surface area contributed by atoms with E-state index in [2.05, 4.69) is 13.8 Å². The fourth-order valence-corrected chi connectivity index (χ4v) is 5.27. The molecule has 0 amide bonds.